The molecule has 0 bridgehead atoms. The van der Waals surface area contributed by atoms with Gasteiger partial charge in [0.15, 0.2) is 0 Å². The summed E-state index contributed by atoms with van der Waals surface area (Å²) in [6.07, 6.45) is 2.04. The lowest BCUT2D eigenvalue weighted by Crippen LogP contribution is -2.32. The third-order valence-corrected chi connectivity index (χ3v) is 5.97. The highest BCUT2D eigenvalue weighted by Gasteiger charge is 2.33. The summed E-state index contributed by atoms with van der Waals surface area (Å²) in [7, 11) is 3.28. The Morgan fingerprint density at radius 1 is 1.03 bits per heavy atom. The maximum absolute atomic E-state index is 13.4. The van der Waals surface area contributed by atoms with Crippen molar-refractivity contribution in [3.05, 3.63) is 76.0 Å². The van der Waals surface area contributed by atoms with Crippen LogP contribution < -0.4 is 14.2 Å². The number of amides is 1. The lowest BCUT2D eigenvalue weighted by molar-refractivity contribution is 0.0728. The van der Waals surface area contributed by atoms with Gasteiger partial charge in [-0.05, 0) is 60.7 Å². The van der Waals surface area contributed by atoms with E-state index in [-0.39, 0.29) is 11.9 Å². The summed E-state index contributed by atoms with van der Waals surface area (Å²) in [4.78, 5) is 16.4. The van der Waals surface area contributed by atoms with Gasteiger partial charge in [-0.3, -0.25) is 4.79 Å². The number of hydrogen-bond donors (Lipinski definition) is 0. The molecule has 1 aliphatic carbocycles. The van der Waals surface area contributed by atoms with Crippen LogP contribution in [0.5, 0.6) is 17.2 Å². The van der Waals surface area contributed by atoms with Crippen molar-refractivity contribution in [1.82, 2.24) is 4.90 Å². The Hall–Kier alpha value is -2.99. The average molecular weight is 424 g/mol. The minimum atomic E-state index is 0.00365. The van der Waals surface area contributed by atoms with E-state index in [0.29, 0.717) is 24.5 Å². The van der Waals surface area contributed by atoms with E-state index in [1.165, 1.54) is 0 Å². The Labute approximate surface area is 180 Å². The van der Waals surface area contributed by atoms with E-state index < -0.39 is 0 Å². The second kappa shape index (κ2) is 9.22. The summed E-state index contributed by atoms with van der Waals surface area (Å²) in [6, 6.07) is 17.4. The van der Waals surface area contributed by atoms with Gasteiger partial charge in [-0.2, -0.15) is 0 Å². The number of carbonyl (C=O) groups is 1. The van der Waals surface area contributed by atoms with E-state index in [1.807, 2.05) is 64.9 Å². The molecule has 1 fully saturated rings. The van der Waals surface area contributed by atoms with Crippen molar-refractivity contribution in [2.45, 2.75) is 32.0 Å². The average Bonchev–Trinajstić information content (AvgIpc) is 3.49. The van der Waals surface area contributed by atoms with Crippen LogP contribution in [-0.2, 0) is 13.2 Å². The second-order valence-electron chi connectivity index (χ2n) is 7.24. The first-order chi connectivity index (χ1) is 14.7. The molecule has 0 N–H and O–H groups in total. The summed E-state index contributed by atoms with van der Waals surface area (Å²) in [5, 5.41) is 2.03. The van der Waals surface area contributed by atoms with Gasteiger partial charge in [-0.25, -0.2) is 0 Å². The molecule has 6 heteroatoms. The van der Waals surface area contributed by atoms with E-state index in [9.17, 15) is 4.79 Å². The maximum Gasteiger partial charge on any atom is 0.254 e. The number of ether oxygens (including phenoxy) is 3. The van der Waals surface area contributed by atoms with Crippen molar-refractivity contribution in [2.75, 3.05) is 14.2 Å². The molecule has 1 heterocycles. The largest absolute Gasteiger partial charge is 0.497 e. The molecule has 0 spiro atoms. The number of thiophene rings is 1. The molecule has 0 aliphatic heterocycles. The molecule has 4 rings (SSSR count). The smallest absolute Gasteiger partial charge is 0.254 e. The topological polar surface area (TPSA) is 48.0 Å². The second-order valence-corrected chi connectivity index (χ2v) is 8.27. The number of rotatable bonds is 9. The number of benzene rings is 2. The summed E-state index contributed by atoms with van der Waals surface area (Å²) < 4.78 is 16.7. The predicted molar refractivity (Wildman–Crippen MR) is 118 cm³/mol. The quantitative estimate of drug-likeness (QED) is 0.478. The van der Waals surface area contributed by atoms with Crippen LogP contribution in [0.3, 0.4) is 0 Å². The van der Waals surface area contributed by atoms with Crippen LogP contribution in [0.15, 0.2) is 60.0 Å². The van der Waals surface area contributed by atoms with Crippen molar-refractivity contribution >= 4 is 17.2 Å². The molecule has 1 aliphatic rings. The van der Waals surface area contributed by atoms with Crippen molar-refractivity contribution in [3.8, 4) is 17.2 Å². The predicted octanol–water partition coefficient (Wildman–Crippen LogP) is 5.15. The molecule has 0 radical (unpaired) electrons. The molecule has 1 saturated carbocycles. The molecule has 2 aromatic carbocycles. The molecule has 0 atom stereocenters. The highest BCUT2D eigenvalue weighted by atomic mass is 32.1. The maximum atomic E-state index is 13.4. The number of hydrogen-bond acceptors (Lipinski definition) is 5. The third-order valence-electron chi connectivity index (χ3n) is 5.12. The van der Waals surface area contributed by atoms with Crippen LogP contribution in [0.1, 0.15) is 33.6 Å². The molecule has 0 unspecified atom stereocenters. The van der Waals surface area contributed by atoms with Gasteiger partial charge in [-0.15, -0.1) is 11.3 Å². The SMILES string of the molecule is COc1ccc(OC)c(CN(C(=O)c2cccc(OCc3cccs3)c2)C2CC2)c1. The van der Waals surface area contributed by atoms with Gasteiger partial charge >= 0.3 is 0 Å². The first-order valence-electron chi connectivity index (χ1n) is 9.95. The highest BCUT2D eigenvalue weighted by Crippen LogP contribution is 2.33. The third kappa shape index (κ3) is 4.76. The van der Waals surface area contributed by atoms with Gasteiger partial charge in [-0.1, -0.05) is 12.1 Å². The Morgan fingerprint density at radius 3 is 2.60 bits per heavy atom. The first-order valence-corrected chi connectivity index (χ1v) is 10.8. The summed E-state index contributed by atoms with van der Waals surface area (Å²) in [6.45, 7) is 0.979. The monoisotopic (exact) mass is 423 g/mol. The molecule has 0 saturated heterocycles. The van der Waals surface area contributed by atoms with Crippen LogP contribution >= 0.6 is 11.3 Å². The van der Waals surface area contributed by atoms with E-state index in [4.69, 9.17) is 14.2 Å². The van der Waals surface area contributed by atoms with Gasteiger partial charge in [0.05, 0.1) is 20.8 Å². The molecular formula is C24H25NO4S. The summed E-state index contributed by atoms with van der Waals surface area (Å²) >= 11 is 1.66. The fourth-order valence-corrected chi connectivity index (χ4v) is 3.99. The van der Waals surface area contributed by atoms with Crippen LogP contribution in [0.25, 0.3) is 0 Å². The van der Waals surface area contributed by atoms with Gasteiger partial charge in [0.1, 0.15) is 23.9 Å². The number of methoxy groups -OCH3 is 2. The Bertz CT molecular complexity index is 998. The summed E-state index contributed by atoms with van der Waals surface area (Å²) in [5.74, 6) is 2.20. The number of nitrogens with zero attached hydrogens (tertiary/aromatic N) is 1. The van der Waals surface area contributed by atoms with Crippen molar-refractivity contribution in [3.63, 3.8) is 0 Å². The van der Waals surface area contributed by atoms with E-state index >= 15 is 0 Å². The zero-order valence-electron chi connectivity index (χ0n) is 17.2. The van der Waals surface area contributed by atoms with Crippen LogP contribution in [0.2, 0.25) is 0 Å². The van der Waals surface area contributed by atoms with Crippen molar-refractivity contribution in [1.29, 1.82) is 0 Å². The highest BCUT2D eigenvalue weighted by molar-refractivity contribution is 7.09. The molecule has 156 valence electrons. The van der Waals surface area contributed by atoms with Crippen LogP contribution in [0, 0.1) is 0 Å². The summed E-state index contributed by atoms with van der Waals surface area (Å²) in [5.41, 5.74) is 1.56. The van der Waals surface area contributed by atoms with Gasteiger partial charge in [0, 0.05) is 22.0 Å². The molecule has 1 aromatic heterocycles. The molecule has 3 aromatic rings. The van der Waals surface area contributed by atoms with Crippen LogP contribution in [0.4, 0.5) is 0 Å². The molecule has 1 amide bonds. The van der Waals surface area contributed by atoms with Gasteiger partial charge in [0.25, 0.3) is 5.91 Å². The number of carbonyl (C=O) groups excluding carboxylic acids is 1. The molecule has 30 heavy (non-hydrogen) atoms. The lowest BCUT2D eigenvalue weighted by atomic mass is 10.1. The van der Waals surface area contributed by atoms with Gasteiger partial charge < -0.3 is 19.1 Å². The van der Waals surface area contributed by atoms with Gasteiger partial charge in [0.2, 0.25) is 0 Å². The van der Waals surface area contributed by atoms with E-state index in [0.717, 1.165) is 34.8 Å². The molecule has 5 nitrogen and oxygen atoms in total. The Kier molecular flexibility index (Phi) is 6.23. The zero-order valence-corrected chi connectivity index (χ0v) is 18.0. The zero-order chi connectivity index (χ0) is 20.9. The standard InChI is InChI=1S/C24H25NO4S/c1-27-20-10-11-23(28-2)18(14-20)15-25(19-8-9-19)24(26)17-5-3-6-21(13-17)29-16-22-7-4-12-30-22/h3-7,10-14,19H,8-9,15-16H2,1-2H3. The lowest BCUT2D eigenvalue weighted by Gasteiger charge is -2.24. The fourth-order valence-electron chi connectivity index (χ4n) is 3.38. The van der Waals surface area contributed by atoms with Crippen LogP contribution in [-0.4, -0.2) is 31.1 Å². The first kappa shape index (κ1) is 20.3. The Balaban J connectivity index is 1.52. The molecular weight excluding hydrogens is 398 g/mol. The van der Waals surface area contributed by atoms with Crippen molar-refractivity contribution < 1.29 is 19.0 Å². The van der Waals surface area contributed by atoms with E-state index in [1.54, 1.807) is 25.6 Å². The van der Waals surface area contributed by atoms with E-state index in [2.05, 4.69) is 0 Å². The minimum absolute atomic E-state index is 0.00365. The van der Waals surface area contributed by atoms with Crippen molar-refractivity contribution in [2.24, 2.45) is 0 Å². The fraction of sp³-hybridized carbons (Fsp3) is 0.292. The minimum Gasteiger partial charge on any atom is -0.497 e. The normalized spacial score (nSPS) is 13.0. The Morgan fingerprint density at radius 2 is 1.90 bits per heavy atom.